The second-order valence-electron chi connectivity index (χ2n) is 4.23. The van der Waals surface area contributed by atoms with Crippen molar-refractivity contribution in [2.24, 2.45) is 0 Å². The van der Waals surface area contributed by atoms with Crippen molar-refractivity contribution in [1.82, 2.24) is 0 Å². The van der Waals surface area contributed by atoms with E-state index in [1.807, 2.05) is 6.92 Å². The van der Waals surface area contributed by atoms with Crippen LogP contribution in [0.4, 0.5) is 13.2 Å². The van der Waals surface area contributed by atoms with E-state index in [1.54, 1.807) is 24.3 Å². The Hall–Kier alpha value is -1.97. The largest absolute Gasteiger partial charge is 0.496 e. The predicted molar refractivity (Wildman–Crippen MR) is 68.2 cm³/mol. The van der Waals surface area contributed by atoms with E-state index in [-0.39, 0.29) is 5.56 Å². The molecular weight excluding hydrogens is 253 g/mol. The second kappa shape index (κ2) is 4.96. The molecule has 0 unspecified atom stereocenters. The molecule has 2 aromatic carbocycles. The minimum absolute atomic E-state index is 0.160. The summed E-state index contributed by atoms with van der Waals surface area (Å²) < 4.78 is 44.0. The number of benzene rings is 2. The lowest BCUT2D eigenvalue weighted by Gasteiger charge is -2.14. The first kappa shape index (κ1) is 13.5. The summed E-state index contributed by atoms with van der Waals surface area (Å²) >= 11 is 0. The van der Waals surface area contributed by atoms with Crippen LogP contribution in [0.5, 0.6) is 5.75 Å². The summed E-state index contributed by atoms with van der Waals surface area (Å²) in [5, 5.41) is 0. The first-order valence-electron chi connectivity index (χ1n) is 5.74. The molecule has 0 aromatic heterocycles. The summed E-state index contributed by atoms with van der Waals surface area (Å²) in [6.07, 6.45) is -4.37. The average molecular weight is 266 g/mol. The minimum Gasteiger partial charge on any atom is -0.496 e. The van der Waals surface area contributed by atoms with Crippen molar-refractivity contribution in [1.29, 1.82) is 0 Å². The molecule has 4 heteroatoms. The van der Waals surface area contributed by atoms with Gasteiger partial charge in [-0.3, -0.25) is 0 Å². The Morgan fingerprint density at radius 2 is 1.68 bits per heavy atom. The molecule has 0 spiro atoms. The van der Waals surface area contributed by atoms with Gasteiger partial charge in [-0.1, -0.05) is 30.3 Å². The number of aryl methyl sites for hydroxylation is 1. The summed E-state index contributed by atoms with van der Waals surface area (Å²) in [5.41, 5.74) is 0.903. The number of hydrogen-bond donors (Lipinski definition) is 0. The molecule has 0 radical (unpaired) electrons. The van der Waals surface area contributed by atoms with Gasteiger partial charge in [0.15, 0.2) is 0 Å². The Morgan fingerprint density at radius 1 is 1.00 bits per heavy atom. The predicted octanol–water partition coefficient (Wildman–Crippen LogP) is 4.69. The lowest BCUT2D eigenvalue weighted by Crippen LogP contribution is -2.06. The smallest absolute Gasteiger partial charge is 0.417 e. The van der Waals surface area contributed by atoms with Gasteiger partial charge in [0.1, 0.15) is 5.75 Å². The van der Waals surface area contributed by atoms with Crippen LogP contribution in [-0.2, 0) is 6.18 Å². The van der Waals surface area contributed by atoms with Crippen LogP contribution in [0.1, 0.15) is 11.1 Å². The fourth-order valence-electron chi connectivity index (χ4n) is 1.97. The van der Waals surface area contributed by atoms with E-state index in [0.29, 0.717) is 11.3 Å². The van der Waals surface area contributed by atoms with Gasteiger partial charge in [-0.2, -0.15) is 13.2 Å². The van der Waals surface area contributed by atoms with E-state index in [4.69, 9.17) is 4.74 Å². The standard InChI is InChI=1S/C15H13F3O/c1-10-7-8-11(9-14(10)19-2)12-5-3-4-6-13(12)15(16,17)18/h3-9H,1-2H3. The highest BCUT2D eigenvalue weighted by atomic mass is 19.4. The lowest BCUT2D eigenvalue weighted by molar-refractivity contribution is -0.137. The van der Waals surface area contributed by atoms with E-state index in [0.717, 1.165) is 11.6 Å². The van der Waals surface area contributed by atoms with Crippen LogP contribution in [0.3, 0.4) is 0 Å². The van der Waals surface area contributed by atoms with Gasteiger partial charge in [0, 0.05) is 0 Å². The Morgan fingerprint density at radius 3 is 2.32 bits per heavy atom. The maximum absolute atomic E-state index is 13.0. The molecule has 0 N–H and O–H groups in total. The zero-order valence-electron chi connectivity index (χ0n) is 10.6. The van der Waals surface area contributed by atoms with Crippen LogP contribution in [-0.4, -0.2) is 7.11 Å². The summed E-state index contributed by atoms with van der Waals surface area (Å²) in [5.74, 6) is 0.578. The Bertz CT molecular complexity index is 588. The second-order valence-corrected chi connectivity index (χ2v) is 4.23. The Balaban J connectivity index is 2.59. The maximum Gasteiger partial charge on any atom is 0.417 e. The summed E-state index contributed by atoms with van der Waals surface area (Å²) in [4.78, 5) is 0. The van der Waals surface area contributed by atoms with Crippen molar-refractivity contribution in [3.8, 4) is 16.9 Å². The molecule has 0 atom stereocenters. The summed E-state index contributed by atoms with van der Waals surface area (Å²) in [7, 11) is 1.50. The highest BCUT2D eigenvalue weighted by molar-refractivity contribution is 5.70. The van der Waals surface area contributed by atoms with Gasteiger partial charge >= 0.3 is 6.18 Å². The molecule has 0 saturated heterocycles. The molecular formula is C15H13F3O. The highest BCUT2D eigenvalue weighted by Gasteiger charge is 2.33. The fourth-order valence-corrected chi connectivity index (χ4v) is 1.97. The van der Waals surface area contributed by atoms with Gasteiger partial charge in [-0.25, -0.2) is 0 Å². The van der Waals surface area contributed by atoms with Crippen molar-refractivity contribution in [3.05, 3.63) is 53.6 Å². The van der Waals surface area contributed by atoms with Crippen LogP contribution in [0, 0.1) is 6.92 Å². The molecule has 0 heterocycles. The van der Waals surface area contributed by atoms with Crippen LogP contribution in [0.15, 0.2) is 42.5 Å². The zero-order chi connectivity index (χ0) is 14.0. The van der Waals surface area contributed by atoms with Crippen molar-refractivity contribution in [2.45, 2.75) is 13.1 Å². The first-order chi connectivity index (χ1) is 8.93. The fraction of sp³-hybridized carbons (Fsp3) is 0.200. The van der Waals surface area contributed by atoms with Crippen molar-refractivity contribution >= 4 is 0 Å². The molecule has 2 aromatic rings. The van der Waals surface area contributed by atoms with Crippen LogP contribution in [0.25, 0.3) is 11.1 Å². The van der Waals surface area contributed by atoms with Gasteiger partial charge < -0.3 is 4.74 Å². The average Bonchev–Trinajstić information content (AvgIpc) is 2.38. The van der Waals surface area contributed by atoms with Crippen molar-refractivity contribution in [3.63, 3.8) is 0 Å². The van der Waals surface area contributed by atoms with Gasteiger partial charge in [0.2, 0.25) is 0 Å². The summed E-state index contributed by atoms with van der Waals surface area (Å²) in [6, 6.07) is 10.6. The first-order valence-corrected chi connectivity index (χ1v) is 5.74. The molecule has 0 bridgehead atoms. The maximum atomic E-state index is 13.0. The molecule has 0 aliphatic rings. The van der Waals surface area contributed by atoms with Gasteiger partial charge in [0.25, 0.3) is 0 Å². The van der Waals surface area contributed by atoms with Gasteiger partial charge in [-0.05, 0) is 35.7 Å². The van der Waals surface area contributed by atoms with E-state index in [9.17, 15) is 13.2 Å². The Kier molecular flexibility index (Phi) is 3.51. The van der Waals surface area contributed by atoms with Gasteiger partial charge in [-0.15, -0.1) is 0 Å². The van der Waals surface area contributed by atoms with Gasteiger partial charge in [0.05, 0.1) is 12.7 Å². The highest BCUT2D eigenvalue weighted by Crippen LogP contribution is 2.38. The van der Waals surface area contributed by atoms with Crippen molar-refractivity contribution in [2.75, 3.05) is 7.11 Å². The van der Waals surface area contributed by atoms with E-state index in [2.05, 4.69) is 0 Å². The minimum atomic E-state index is -4.37. The molecule has 0 amide bonds. The zero-order valence-corrected chi connectivity index (χ0v) is 10.6. The third kappa shape index (κ3) is 2.72. The molecule has 1 nitrogen and oxygen atoms in total. The SMILES string of the molecule is COc1cc(-c2ccccc2C(F)(F)F)ccc1C. The molecule has 0 fully saturated rings. The monoisotopic (exact) mass is 266 g/mol. The number of halogens is 3. The topological polar surface area (TPSA) is 9.23 Å². The van der Waals surface area contributed by atoms with E-state index < -0.39 is 11.7 Å². The molecule has 100 valence electrons. The number of methoxy groups -OCH3 is 1. The number of rotatable bonds is 2. The number of hydrogen-bond acceptors (Lipinski definition) is 1. The van der Waals surface area contributed by atoms with Crippen LogP contribution < -0.4 is 4.74 Å². The third-order valence-electron chi connectivity index (χ3n) is 2.95. The molecule has 0 aliphatic carbocycles. The van der Waals surface area contributed by atoms with E-state index in [1.165, 1.54) is 19.2 Å². The molecule has 2 rings (SSSR count). The molecule has 19 heavy (non-hydrogen) atoms. The summed E-state index contributed by atoms with van der Waals surface area (Å²) in [6.45, 7) is 1.85. The van der Waals surface area contributed by atoms with Crippen LogP contribution >= 0.6 is 0 Å². The third-order valence-corrected chi connectivity index (χ3v) is 2.95. The lowest BCUT2D eigenvalue weighted by atomic mass is 9.98. The quantitative estimate of drug-likeness (QED) is 0.766. The molecule has 0 aliphatic heterocycles. The van der Waals surface area contributed by atoms with Crippen LogP contribution in [0.2, 0.25) is 0 Å². The number of ether oxygens (including phenoxy) is 1. The molecule has 0 saturated carbocycles. The van der Waals surface area contributed by atoms with Crippen molar-refractivity contribution < 1.29 is 17.9 Å². The van der Waals surface area contributed by atoms with E-state index >= 15 is 0 Å². The number of alkyl halides is 3. The Labute approximate surface area is 109 Å². The normalized spacial score (nSPS) is 11.4.